The van der Waals surface area contributed by atoms with Crippen molar-refractivity contribution < 1.29 is 4.79 Å². The molecule has 0 saturated carbocycles. The average Bonchev–Trinajstić information content (AvgIpc) is 2.37. The average molecular weight is 233 g/mol. The minimum atomic E-state index is 0.0574. The molecule has 1 aliphatic heterocycles. The largest absolute Gasteiger partial charge is 0.388 e. The molecule has 1 aromatic carbocycles. The minimum absolute atomic E-state index is 0.0574. The fourth-order valence-electron chi connectivity index (χ4n) is 2.26. The normalized spacial score (nSPS) is 16.6. The fourth-order valence-corrected chi connectivity index (χ4v) is 2.26. The lowest BCUT2D eigenvalue weighted by Gasteiger charge is -2.34. The monoisotopic (exact) mass is 233 g/mol. The van der Waals surface area contributed by atoms with Crippen molar-refractivity contribution in [3.05, 3.63) is 23.8 Å². The summed E-state index contributed by atoms with van der Waals surface area (Å²) in [4.78, 5) is 13.8. The number of nitrogens with two attached hydrogens (primary N) is 1. The molecular weight excluding hydrogens is 214 g/mol. The summed E-state index contributed by atoms with van der Waals surface area (Å²) in [5.41, 5.74) is 8.99. The number of anilines is 2. The van der Waals surface area contributed by atoms with E-state index in [-0.39, 0.29) is 11.9 Å². The number of benzene rings is 1. The Morgan fingerprint density at radius 3 is 2.88 bits per heavy atom. The Hall–Kier alpha value is -1.55. The summed E-state index contributed by atoms with van der Waals surface area (Å²) in [7, 11) is 1.90. The molecule has 2 rings (SSSR count). The maximum Gasteiger partial charge on any atom is 0.227 e. The number of nitrogens with zero attached hydrogens (tertiary/aromatic N) is 1. The van der Waals surface area contributed by atoms with Gasteiger partial charge in [-0.25, -0.2) is 0 Å². The zero-order chi connectivity index (χ0) is 12.4. The van der Waals surface area contributed by atoms with Crippen LogP contribution in [-0.4, -0.2) is 25.5 Å². The molecule has 4 heteroatoms. The minimum Gasteiger partial charge on any atom is -0.388 e. The molecule has 1 unspecified atom stereocenters. The number of hydrogen-bond acceptors (Lipinski definition) is 3. The van der Waals surface area contributed by atoms with Crippen LogP contribution in [0.3, 0.4) is 0 Å². The highest BCUT2D eigenvalue weighted by Crippen LogP contribution is 2.31. The zero-order valence-electron chi connectivity index (χ0n) is 10.4. The van der Waals surface area contributed by atoms with E-state index in [9.17, 15) is 4.79 Å². The summed E-state index contributed by atoms with van der Waals surface area (Å²) >= 11 is 0. The third-order valence-corrected chi connectivity index (χ3v) is 3.29. The van der Waals surface area contributed by atoms with Gasteiger partial charge in [0.1, 0.15) is 0 Å². The van der Waals surface area contributed by atoms with Crippen LogP contribution in [0.4, 0.5) is 11.4 Å². The third-order valence-electron chi connectivity index (χ3n) is 3.29. The molecule has 1 amide bonds. The van der Waals surface area contributed by atoms with Crippen LogP contribution in [0.25, 0.3) is 0 Å². The lowest BCUT2D eigenvalue weighted by atomic mass is 9.99. The number of aryl methyl sites for hydroxylation is 1. The lowest BCUT2D eigenvalue weighted by molar-refractivity contribution is -0.119. The Morgan fingerprint density at radius 1 is 1.47 bits per heavy atom. The van der Waals surface area contributed by atoms with Crippen molar-refractivity contribution in [2.75, 3.05) is 23.8 Å². The second-order valence-corrected chi connectivity index (χ2v) is 4.44. The zero-order valence-corrected chi connectivity index (χ0v) is 10.4. The molecule has 92 valence electrons. The predicted octanol–water partition coefficient (Wildman–Crippen LogP) is 1.35. The highest BCUT2D eigenvalue weighted by Gasteiger charge is 2.27. The Balaban J connectivity index is 2.41. The van der Waals surface area contributed by atoms with E-state index in [1.54, 1.807) is 0 Å². The summed E-state index contributed by atoms with van der Waals surface area (Å²) in [5.74, 6) is 0.174. The first-order chi connectivity index (χ1) is 8.17. The molecule has 0 saturated heterocycles. The van der Waals surface area contributed by atoms with Crippen LogP contribution in [-0.2, 0) is 11.2 Å². The standard InChI is InChI=1S/C13H19N3O/c1-9(8-14)16-12-5-4-11(15-2)7-10(12)3-6-13(16)17/h4-5,7,9,15H,3,6,8,14H2,1-2H3. The van der Waals surface area contributed by atoms with Crippen LogP contribution in [0.1, 0.15) is 18.9 Å². The molecule has 0 bridgehead atoms. The number of rotatable bonds is 3. The third kappa shape index (κ3) is 2.13. The maximum absolute atomic E-state index is 12.0. The van der Waals surface area contributed by atoms with Gasteiger partial charge in [0.2, 0.25) is 5.91 Å². The predicted molar refractivity (Wildman–Crippen MR) is 70.3 cm³/mol. The van der Waals surface area contributed by atoms with Gasteiger partial charge < -0.3 is 16.0 Å². The van der Waals surface area contributed by atoms with Crippen LogP contribution >= 0.6 is 0 Å². The number of hydrogen-bond donors (Lipinski definition) is 2. The topological polar surface area (TPSA) is 58.4 Å². The second-order valence-electron chi connectivity index (χ2n) is 4.44. The van der Waals surface area contributed by atoms with Gasteiger partial charge in [-0.05, 0) is 37.1 Å². The number of carbonyl (C=O) groups excluding carboxylic acids is 1. The highest BCUT2D eigenvalue weighted by atomic mass is 16.2. The van der Waals surface area contributed by atoms with Gasteiger partial charge in [-0.1, -0.05) is 0 Å². The Labute approximate surface area is 102 Å². The molecule has 0 radical (unpaired) electrons. The second kappa shape index (κ2) is 4.75. The number of fused-ring (bicyclic) bond motifs is 1. The molecule has 17 heavy (non-hydrogen) atoms. The molecule has 0 fully saturated rings. The summed E-state index contributed by atoms with van der Waals surface area (Å²) < 4.78 is 0. The van der Waals surface area contributed by atoms with E-state index in [4.69, 9.17) is 5.73 Å². The van der Waals surface area contributed by atoms with Gasteiger partial charge in [0.05, 0.1) is 0 Å². The number of carbonyl (C=O) groups is 1. The molecule has 1 atom stereocenters. The van der Waals surface area contributed by atoms with Crippen LogP contribution < -0.4 is 16.0 Å². The summed E-state index contributed by atoms with van der Waals surface area (Å²) in [5, 5.41) is 3.12. The van der Waals surface area contributed by atoms with Crippen molar-refractivity contribution in [2.24, 2.45) is 5.73 Å². The van der Waals surface area contributed by atoms with E-state index in [2.05, 4.69) is 11.4 Å². The molecule has 0 spiro atoms. The summed E-state index contributed by atoms with van der Waals surface area (Å²) in [6.07, 6.45) is 1.39. The fraction of sp³-hybridized carbons (Fsp3) is 0.462. The van der Waals surface area contributed by atoms with E-state index in [1.165, 1.54) is 5.56 Å². The molecule has 1 aliphatic rings. The molecule has 3 N–H and O–H groups in total. The summed E-state index contributed by atoms with van der Waals surface area (Å²) in [6.45, 7) is 2.47. The van der Waals surface area contributed by atoms with Crippen LogP contribution in [0.2, 0.25) is 0 Å². The first kappa shape index (κ1) is 11.9. The number of nitrogens with one attached hydrogen (secondary N) is 1. The van der Waals surface area contributed by atoms with Gasteiger partial charge in [-0.3, -0.25) is 4.79 Å². The van der Waals surface area contributed by atoms with Crippen molar-refractivity contribution in [2.45, 2.75) is 25.8 Å². The molecule has 0 aromatic heterocycles. The molecule has 4 nitrogen and oxygen atoms in total. The van der Waals surface area contributed by atoms with Gasteiger partial charge in [-0.15, -0.1) is 0 Å². The smallest absolute Gasteiger partial charge is 0.227 e. The van der Waals surface area contributed by atoms with Gasteiger partial charge in [0, 0.05) is 37.4 Å². The Morgan fingerprint density at radius 2 is 2.24 bits per heavy atom. The molecule has 1 aromatic rings. The van der Waals surface area contributed by atoms with E-state index in [1.807, 2.05) is 31.0 Å². The quantitative estimate of drug-likeness (QED) is 0.828. The van der Waals surface area contributed by atoms with Crippen LogP contribution in [0, 0.1) is 0 Å². The van der Waals surface area contributed by atoms with Gasteiger partial charge in [-0.2, -0.15) is 0 Å². The van der Waals surface area contributed by atoms with E-state index in [0.717, 1.165) is 17.8 Å². The van der Waals surface area contributed by atoms with Gasteiger partial charge in [0.15, 0.2) is 0 Å². The maximum atomic E-state index is 12.0. The van der Waals surface area contributed by atoms with Crippen LogP contribution in [0.5, 0.6) is 0 Å². The van der Waals surface area contributed by atoms with Crippen molar-refractivity contribution in [3.63, 3.8) is 0 Å². The first-order valence-electron chi connectivity index (χ1n) is 6.00. The van der Waals surface area contributed by atoms with Gasteiger partial charge in [0.25, 0.3) is 0 Å². The molecular formula is C13H19N3O. The Bertz CT molecular complexity index is 431. The van der Waals surface area contributed by atoms with Gasteiger partial charge >= 0.3 is 0 Å². The van der Waals surface area contributed by atoms with E-state index >= 15 is 0 Å². The van der Waals surface area contributed by atoms with Crippen LogP contribution in [0.15, 0.2) is 18.2 Å². The molecule has 0 aliphatic carbocycles. The molecule has 1 heterocycles. The highest BCUT2D eigenvalue weighted by molar-refractivity contribution is 5.97. The van der Waals surface area contributed by atoms with Crippen molar-refractivity contribution >= 4 is 17.3 Å². The first-order valence-corrected chi connectivity index (χ1v) is 6.00. The van der Waals surface area contributed by atoms with Crippen molar-refractivity contribution in [1.82, 2.24) is 0 Å². The van der Waals surface area contributed by atoms with Crippen molar-refractivity contribution in [3.8, 4) is 0 Å². The van der Waals surface area contributed by atoms with E-state index in [0.29, 0.717) is 13.0 Å². The number of amides is 1. The Kier molecular flexibility index (Phi) is 3.33. The SMILES string of the molecule is CNc1ccc2c(c1)CCC(=O)N2C(C)CN. The van der Waals surface area contributed by atoms with E-state index < -0.39 is 0 Å². The lowest BCUT2D eigenvalue weighted by Crippen LogP contribution is -2.45. The van der Waals surface area contributed by atoms with Crippen molar-refractivity contribution in [1.29, 1.82) is 0 Å². The summed E-state index contributed by atoms with van der Waals surface area (Å²) in [6, 6.07) is 6.16.